The Labute approximate surface area is 158 Å². The summed E-state index contributed by atoms with van der Waals surface area (Å²) in [6, 6.07) is 14.3. The molecule has 1 N–H and O–H groups in total. The highest BCUT2D eigenvalue weighted by Gasteiger charge is 2.21. The van der Waals surface area contributed by atoms with Crippen molar-refractivity contribution in [3.63, 3.8) is 0 Å². The van der Waals surface area contributed by atoms with E-state index in [1.54, 1.807) is 29.2 Å². The second kappa shape index (κ2) is 8.49. The number of anilines is 1. The van der Waals surface area contributed by atoms with Gasteiger partial charge in [-0.1, -0.05) is 12.1 Å². The Kier molecular flexibility index (Phi) is 5.86. The average molecular weight is 366 g/mol. The summed E-state index contributed by atoms with van der Waals surface area (Å²) in [6.45, 7) is 2.55. The molecular formula is C21H22N2O4. The smallest absolute Gasteiger partial charge is 0.258 e. The molecule has 3 rings (SSSR count). The maximum atomic E-state index is 11.9. The third kappa shape index (κ3) is 4.94. The monoisotopic (exact) mass is 366 g/mol. The number of nitrogens with one attached hydrogen (secondary N) is 1. The van der Waals surface area contributed by atoms with Gasteiger partial charge in [0.15, 0.2) is 12.4 Å². The summed E-state index contributed by atoms with van der Waals surface area (Å²) in [6.07, 6.45) is 1.50. The summed E-state index contributed by atoms with van der Waals surface area (Å²) >= 11 is 0. The molecule has 6 nitrogen and oxygen atoms in total. The lowest BCUT2D eigenvalue weighted by molar-refractivity contribution is -0.123. The van der Waals surface area contributed by atoms with Crippen molar-refractivity contribution in [3.8, 4) is 5.75 Å². The van der Waals surface area contributed by atoms with Crippen LogP contribution in [-0.4, -0.2) is 30.7 Å². The largest absolute Gasteiger partial charge is 0.484 e. The van der Waals surface area contributed by atoms with E-state index in [-0.39, 0.29) is 24.2 Å². The van der Waals surface area contributed by atoms with E-state index in [1.807, 2.05) is 24.3 Å². The minimum Gasteiger partial charge on any atom is -0.484 e. The van der Waals surface area contributed by atoms with E-state index < -0.39 is 0 Å². The second-order valence-electron chi connectivity index (χ2n) is 6.46. The van der Waals surface area contributed by atoms with Crippen LogP contribution in [0.25, 0.3) is 0 Å². The first-order valence-electron chi connectivity index (χ1n) is 8.93. The Morgan fingerprint density at radius 2 is 1.78 bits per heavy atom. The molecule has 1 heterocycles. The molecule has 1 aliphatic heterocycles. The molecule has 0 aliphatic carbocycles. The molecule has 6 heteroatoms. The van der Waals surface area contributed by atoms with Crippen LogP contribution >= 0.6 is 0 Å². The number of carbonyl (C=O) groups is 3. The summed E-state index contributed by atoms with van der Waals surface area (Å²) in [5, 5.41) is 2.80. The fraction of sp³-hybridized carbons (Fsp3) is 0.286. The van der Waals surface area contributed by atoms with E-state index in [0.717, 1.165) is 24.2 Å². The van der Waals surface area contributed by atoms with Crippen molar-refractivity contribution < 1.29 is 19.1 Å². The molecule has 140 valence electrons. The minimum atomic E-state index is -0.232. The summed E-state index contributed by atoms with van der Waals surface area (Å²) in [4.78, 5) is 36.7. The highest BCUT2D eigenvalue weighted by Crippen LogP contribution is 2.21. The molecule has 0 spiro atoms. The van der Waals surface area contributed by atoms with Gasteiger partial charge in [-0.3, -0.25) is 14.4 Å². The number of hydrogen-bond donors (Lipinski definition) is 1. The number of amides is 2. The number of Topliss-reactive ketones (excluding diaryl/α,β-unsaturated/α-hetero) is 1. The normalized spacial score (nSPS) is 13.5. The number of carbonyl (C=O) groups excluding carboxylic acids is 3. The first-order valence-corrected chi connectivity index (χ1v) is 8.93. The Bertz CT molecular complexity index is 828. The van der Waals surface area contributed by atoms with Crippen LogP contribution in [0.15, 0.2) is 48.5 Å². The number of nitrogens with zero attached hydrogens (tertiary/aromatic N) is 1. The lowest BCUT2D eigenvalue weighted by Gasteiger charge is -2.16. The molecule has 2 amide bonds. The van der Waals surface area contributed by atoms with Crippen LogP contribution in [0.5, 0.6) is 5.75 Å². The van der Waals surface area contributed by atoms with Crippen molar-refractivity contribution in [1.29, 1.82) is 0 Å². The molecule has 1 saturated heterocycles. The van der Waals surface area contributed by atoms with Gasteiger partial charge in [-0.05, 0) is 55.3 Å². The molecule has 1 fully saturated rings. The Balaban J connectivity index is 1.44. The number of ether oxygens (including phenoxy) is 1. The quantitative estimate of drug-likeness (QED) is 0.765. The fourth-order valence-electron chi connectivity index (χ4n) is 2.90. The van der Waals surface area contributed by atoms with Crippen LogP contribution < -0.4 is 15.0 Å². The summed E-state index contributed by atoms with van der Waals surface area (Å²) in [7, 11) is 0. The SMILES string of the molecule is CC(=O)c1ccc(OCC(=O)NCc2ccc(N3CCCC3=O)cc2)cc1. The van der Waals surface area contributed by atoms with E-state index in [0.29, 0.717) is 24.3 Å². The molecule has 27 heavy (non-hydrogen) atoms. The molecule has 0 atom stereocenters. The van der Waals surface area contributed by atoms with Crippen LogP contribution in [0.3, 0.4) is 0 Å². The van der Waals surface area contributed by atoms with E-state index in [2.05, 4.69) is 5.32 Å². The zero-order valence-corrected chi connectivity index (χ0v) is 15.2. The lowest BCUT2D eigenvalue weighted by atomic mass is 10.1. The van der Waals surface area contributed by atoms with Crippen molar-refractivity contribution in [2.24, 2.45) is 0 Å². The standard InChI is InChI=1S/C21H22N2O4/c1-15(24)17-6-10-19(11-7-17)27-14-20(25)22-13-16-4-8-18(9-5-16)23-12-2-3-21(23)26/h4-11H,2-3,12-14H2,1H3,(H,22,25). The molecule has 2 aromatic carbocycles. The van der Waals surface area contributed by atoms with E-state index in [1.165, 1.54) is 6.92 Å². The lowest BCUT2D eigenvalue weighted by Crippen LogP contribution is -2.28. The Hall–Kier alpha value is -3.15. The molecule has 1 aliphatic rings. The van der Waals surface area contributed by atoms with Gasteiger partial charge in [0.25, 0.3) is 5.91 Å². The maximum absolute atomic E-state index is 11.9. The first kappa shape index (κ1) is 18.6. The van der Waals surface area contributed by atoms with Gasteiger partial charge in [-0.15, -0.1) is 0 Å². The van der Waals surface area contributed by atoms with Gasteiger partial charge in [-0.25, -0.2) is 0 Å². The van der Waals surface area contributed by atoms with Gasteiger partial charge in [0.05, 0.1) is 0 Å². The molecular weight excluding hydrogens is 344 g/mol. The number of ketones is 1. The van der Waals surface area contributed by atoms with Gasteiger partial charge in [0.1, 0.15) is 5.75 Å². The second-order valence-corrected chi connectivity index (χ2v) is 6.46. The van der Waals surface area contributed by atoms with Crippen LogP contribution in [0, 0.1) is 0 Å². The molecule has 0 bridgehead atoms. The van der Waals surface area contributed by atoms with Crippen LogP contribution in [0.1, 0.15) is 35.7 Å². The van der Waals surface area contributed by atoms with E-state index >= 15 is 0 Å². The zero-order valence-electron chi connectivity index (χ0n) is 15.2. The third-order valence-corrected chi connectivity index (χ3v) is 4.44. The molecule has 0 unspecified atom stereocenters. The number of hydrogen-bond acceptors (Lipinski definition) is 4. The van der Waals surface area contributed by atoms with Crippen molar-refractivity contribution in [3.05, 3.63) is 59.7 Å². The third-order valence-electron chi connectivity index (χ3n) is 4.44. The van der Waals surface area contributed by atoms with E-state index in [9.17, 15) is 14.4 Å². The number of benzene rings is 2. The highest BCUT2D eigenvalue weighted by atomic mass is 16.5. The predicted molar refractivity (Wildman–Crippen MR) is 102 cm³/mol. The fourth-order valence-corrected chi connectivity index (χ4v) is 2.90. The minimum absolute atomic E-state index is 0.0144. The average Bonchev–Trinajstić information content (AvgIpc) is 3.11. The first-order chi connectivity index (χ1) is 13.0. The summed E-state index contributed by atoms with van der Waals surface area (Å²) < 4.78 is 5.42. The number of rotatable bonds is 7. The highest BCUT2D eigenvalue weighted by molar-refractivity contribution is 5.95. The van der Waals surface area contributed by atoms with Gasteiger partial charge in [-0.2, -0.15) is 0 Å². The maximum Gasteiger partial charge on any atom is 0.258 e. The van der Waals surface area contributed by atoms with Crippen molar-refractivity contribution in [2.75, 3.05) is 18.1 Å². The summed E-state index contributed by atoms with van der Waals surface area (Å²) in [5.41, 5.74) is 2.44. The van der Waals surface area contributed by atoms with Crippen molar-refractivity contribution >= 4 is 23.3 Å². The Morgan fingerprint density at radius 1 is 1.07 bits per heavy atom. The Morgan fingerprint density at radius 3 is 2.37 bits per heavy atom. The molecule has 0 aromatic heterocycles. The van der Waals surface area contributed by atoms with Gasteiger partial charge >= 0.3 is 0 Å². The van der Waals surface area contributed by atoms with Crippen LogP contribution in [0.4, 0.5) is 5.69 Å². The van der Waals surface area contributed by atoms with Crippen molar-refractivity contribution in [2.45, 2.75) is 26.3 Å². The van der Waals surface area contributed by atoms with Gasteiger partial charge in [0.2, 0.25) is 5.91 Å². The van der Waals surface area contributed by atoms with Gasteiger partial charge in [0, 0.05) is 30.8 Å². The van der Waals surface area contributed by atoms with Crippen LogP contribution in [0.2, 0.25) is 0 Å². The zero-order chi connectivity index (χ0) is 19.2. The molecule has 0 saturated carbocycles. The summed E-state index contributed by atoms with van der Waals surface area (Å²) in [5.74, 6) is 0.447. The van der Waals surface area contributed by atoms with Crippen LogP contribution in [-0.2, 0) is 16.1 Å². The topological polar surface area (TPSA) is 75.7 Å². The van der Waals surface area contributed by atoms with Gasteiger partial charge < -0.3 is 15.0 Å². The molecule has 0 radical (unpaired) electrons. The molecule has 2 aromatic rings. The van der Waals surface area contributed by atoms with E-state index in [4.69, 9.17) is 4.74 Å². The van der Waals surface area contributed by atoms with Crippen molar-refractivity contribution in [1.82, 2.24) is 5.32 Å². The predicted octanol–water partition coefficient (Wildman–Crippen LogP) is 2.71.